The van der Waals surface area contributed by atoms with Gasteiger partial charge in [0.05, 0.1) is 20.3 Å². The molecular formula is C16H24N2O2. The van der Waals surface area contributed by atoms with Gasteiger partial charge < -0.3 is 15.2 Å². The van der Waals surface area contributed by atoms with E-state index in [1.54, 1.807) is 7.11 Å². The van der Waals surface area contributed by atoms with Crippen molar-refractivity contribution in [2.24, 2.45) is 5.73 Å². The smallest absolute Gasteiger partial charge is 0.119 e. The first kappa shape index (κ1) is 13.9. The SMILES string of the molecule is COc1ccc2c(c1)CC(CN)(N1CCOCC1)CC2. The van der Waals surface area contributed by atoms with E-state index in [-0.39, 0.29) is 5.54 Å². The Kier molecular flexibility index (Phi) is 3.96. The number of methoxy groups -OCH3 is 1. The van der Waals surface area contributed by atoms with Crippen molar-refractivity contribution in [1.29, 1.82) is 0 Å². The van der Waals surface area contributed by atoms with Gasteiger partial charge in [0.2, 0.25) is 0 Å². The molecular weight excluding hydrogens is 252 g/mol. The average molecular weight is 276 g/mol. The minimum Gasteiger partial charge on any atom is -0.497 e. The number of fused-ring (bicyclic) bond motifs is 1. The number of aryl methyl sites for hydroxylation is 1. The third-order valence-corrected chi connectivity index (χ3v) is 4.85. The number of benzene rings is 1. The third kappa shape index (κ3) is 2.43. The molecule has 2 N–H and O–H groups in total. The van der Waals surface area contributed by atoms with Gasteiger partial charge in [0.1, 0.15) is 5.75 Å². The Bertz CT molecular complexity index is 472. The van der Waals surface area contributed by atoms with Crippen LogP contribution in [0.15, 0.2) is 18.2 Å². The molecule has 1 heterocycles. The molecule has 0 radical (unpaired) electrons. The summed E-state index contributed by atoms with van der Waals surface area (Å²) >= 11 is 0. The van der Waals surface area contributed by atoms with Crippen LogP contribution in [0.4, 0.5) is 0 Å². The Morgan fingerprint density at radius 2 is 2.10 bits per heavy atom. The number of nitrogens with zero attached hydrogens (tertiary/aromatic N) is 1. The number of rotatable bonds is 3. The lowest BCUT2D eigenvalue weighted by atomic mass is 9.76. The van der Waals surface area contributed by atoms with Gasteiger partial charge in [-0.1, -0.05) is 6.07 Å². The van der Waals surface area contributed by atoms with Crippen molar-refractivity contribution in [2.45, 2.75) is 24.8 Å². The summed E-state index contributed by atoms with van der Waals surface area (Å²) in [6.45, 7) is 4.36. The minimum atomic E-state index is 0.100. The summed E-state index contributed by atoms with van der Waals surface area (Å²) in [5, 5.41) is 0. The summed E-state index contributed by atoms with van der Waals surface area (Å²) in [6.07, 6.45) is 3.27. The summed E-state index contributed by atoms with van der Waals surface area (Å²) in [5.41, 5.74) is 9.13. The number of ether oxygens (including phenoxy) is 2. The Labute approximate surface area is 120 Å². The molecule has 0 bridgehead atoms. The summed E-state index contributed by atoms with van der Waals surface area (Å²) in [5.74, 6) is 0.943. The first-order valence-corrected chi connectivity index (χ1v) is 7.46. The topological polar surface area (TPSA) is 47.7 Å². The van der Waals surface area contributed by atoms with Crippen molar-refractivity contribution >= 4 is 0 Å². The van der Waals surface area contributed by atoms with Gasteiger partial charge in [0.15, 0.2) is 0 Å². The number of nitrogens with two attached hydrogens (primary N) is 1. The maximum Gasteiger partial charge on any atom is 0.119 e. The molecule has 4 nitrogen and oxygen atoms in total. The second-order valence-electron chi connectivity index (χ2n) is 5.84. The van der Waals surface area contributed by atoms with Crippen LogP contribution < -0.4 is 10.5 Å². The average Bonchev–Trinajstić information content (AvgIpc) is 2.54. The second kappa shape index (κ2) is 5.72. The predicted octanol–water partition coefficient (Wildman–Crippen LogP) is 1.21. The largest absolute Gasteiger partial charge is 0.497 e. The van der Waals surface area contributed by atoms with E-state index in [0.29, 0.717) is 6.54 Å². The zero-order valence-corrected chi connectivity index (χ0v) is 12.2. The lowest BCUT2D eigenvalue weighted by Crippen LogP contribution is -2.60. The fraction of sp³-hybridized carbons (Fsp3) is 0.625. The molecule has 0 aromatic heterocycles. The molecule has 0 spiro atoms. The number of hydrogen-bond donors (Lipinski definition) is 1. The van der Waals surface area contributed by atoms with Gasteiger partial charge in [-0.25, -0.2) is 0 Å². The van der Waals surface area contributed by atoms with E-state index in [4.69, 9.17) is 15.2 Å². The van der Waals surface area contributed by atoms with Crippen LogP contribution in [0.25, 0.3) is 0 Å². The molecule has 2 aliphatic rings. The minimum absolute atomic E-state index is 0.100. The van der Waals surface area contributed by atoms with Crippen LogP contribution in [-0.2, 0) is 17.6 Å². The van der Waals surface area contributed by atoms with Gasteiger partial charge in [0.25, 0.3) is 0 Å². The van der Waals surface area contributed by atoms with Crippen LogP contribution in [0.2, 0.25) is 0 Å². The number of morpholine rings is 1. The highest BCUT2D eigenvalue weighted by atomic mass is 16.5. The van der Waals surface area contributed by atoms with Gasteiger partial charge in [0, 0.05) is 25.2 Å². The van der Waals surface area contributed by atoms with E-state index in [2.05, 4.69) is 23.1 Å². The van der Waals surface area contributed by atoms with Crippen molar-refractivity contribution in [3.8, 4) is 5.75 Å². The number of hydrogen-bond acceptors (Lipinski definition) is 4. The monoisotopic (exact) mass is 276 g/mol. The molecule has 0 amide bonds. The molecule has 1 saturated heterocycles. The van der Waals surface area contributed by atoms with E-state index in [9.17, 15) is 0 Å². The molecule has 4 heteroatoms. The summed E-state index contributed by atoms with van der Waals surface area (Å²) < 4.78 is 10.8. The molecule has 1 fully saturated rings. The van der Waals surface area contributed by atoms with Crippen LogP contribution in [-0.4, -0.2) is 50.4 Å². The molecule has 20 heavy (non-hydrogen) atoms. The lowest BCUT2D eigenvalue weighted by Gasteiger charge is -2.48. The third-order valence-electron chi connectivity index (χ3n) is 4.85. The van der Waals surface area contributed by atoms with E-state index in [1.165, 1.54) is 11.1 Å². The second-order valence-corrected chi connectivity index (χ2v) is 5.84. The fourth-order valence-electron chi connectivity index (χ4n) is 3.56. The van der Waals surface area contributed by atoms with Crippen LogP contribution in [0.5, 0.6) is 5.75 Å². The maximum atomic E-state index is 6.18. The van der Waals surface area contributed by atoms with Gasteiger partial charge in [-0.3, -0.25) is 4.90 Å². The molecule has 3 rings (SSSR count). The highest BCUT2D eigenvalue weighted by Crippen LogP contribution is 2.34. The Balaban J connectivity index is 1.87. The van der Waals surface area contributed by atoms with Gasteiger partial charge >= 0.3 is 0 Å². The van der Waals surface area contributed by atoms with Crippen molar-refractivity contribution in [3.63, 3.8) is 0 Å². The molecule has 1 aromatic rings. The lowest BCUT2D eigenvalue weighted by molar-refractivity contribution is -0.0250. The zero-order chi connectivity index (χ0) is 14.0. The van der Waals surface area contributed by atoms with Gasteiger partial charge in [-0.15, -0.1) is 0 Å². The fourth-order valence-corrected chi connectivity index (χ4v) is 3.56. The zero-order valence-electron chi connectivity index (χ0n) is 12.2. The normalized spacial score (nSPS) is 27.1. The maximum absolute atomic E-state index is 6.18. The first-order chi connectivity index (χ1) is 9.77. The van der Waals surface area contributed by atoms with Crippen molar-refractivity contribution < 1.29 is 9.47 Å². The van der Waals surface area contributed by atoms with Crippen molar-refractivity contribution in [3.05, 3.63) is 29.3 Å². The van der Waals surface area contributed by atoms with Crippen LogP contribution in [0, 0.1) is 0 Å². The summed E-state index contributed by atoms with van der Waals surface area (Å²) in [4.78, 5) is 2.54. The van der Waals surface area contributed by atoms with Crippen molar-refractivity contribution in [1.82, 2.24) is 4.90 Å². The molecule has 1 unspecified atom stereocenters. The van der Waals surface area contributed by atoms with Crippen LogP contribution >= 0.6 is 0 Å². The molecule has 1 aliphatic heterocycles. The van der Waals surface area contributed by atoms with E-state index >= 15 is 0 Å². The van der Waals surface area contributed by atoms with Crippen LogP contribution in [0.1, 0.15) is 17.5 Å². The van der Waals surface area contributed by atoms with Gasteiger partial charge in [-0.05, 0) is 42.5 Å². The Hall–Kier alpha value is -1.10. The highest BCUT2D eigenvalue weighted by Gasteiger charge is 2.39. The molecule has 1 aliphatic carbocycles. The quantitative estimate of drug-likeness (QED) is 0.901. The summed E-state index contributed by atoms with van der Waals surface area (Å²) in [7, 11) is 1.72. The van der Waals surface area contributed by atoms with Gasteiger partial charge in [-0.2, -0.15) is 0 Å². The molecule has 0 saturated carbocycles. The van der Waals surface area contributed by atoms with Crippen LogP contribution in [0.3, 0.4) is 0 Å². The van der Waals surface area contributed by atoms with Crippen molar-refractivity contribution in [2.75, 3.05) is 40.0 Å². The van der Waals surface area contributed by atoms with E-state index < -0.39 is 0 Å². The molecule has 1 aromatic carbocycles. The van der Waals surface area contributed by atoms with E-state index in [0.717, 1.165) is 51.3 Å². The summed E-state index contributed by atoms with van der Waals surface area (Å²) in [6, 6.07) is 6.44. The molecule has 110 valence electrons. The Morgan fingerprint density at radius 1 is 1.30 bits per heavy atom. The Morgan fingerprint density at radius 3 is 2.80 bits per heavy atom. The predicted molar refractivity (Wildman–Crippen MR) is 79.2 cm³/mol. The highest BCUT2D eigenvalue weighted by molar-refractivity contribution is 5.39. The standard InChI is InChI=1S/C16H24N2O2/c1-19-15-3-2-13-4-5-16(12-17,11-14(13)10-15)18-6-8-20-9-7-18/h2-3,10H,4-9,11-12,17H2,1H3. The van der Waals surface area contributed by atoms with E-state index in [1.807, 2.05) is 0 Å². The molecule has 1 atom stereocenters. The first-order valence-electron chi connectivity index (χ1n) is 7.46.